The Hall–Kier alpha value is -2.35. The van der Waals surface area contributed by atoms with E-state index in [1.807, 2.05) is 36.4 Å². The topological polar surface area (TPSA) is 26.3 Å². The molecular weight excluding hydrogens is 272 g/mol. The van der Waals surface area contributed by atoms with Crippen LogP contribution in [-0.4, -0.2) is 12.9 Å². The van der Waals surface area contributed by atoms with Gasteiger partial charge in [0.15, 0.2) is 5.78 Å². The number of Topliss-reactive ketones (excluding diaryl/α,β-unsaturated/α-hetero) is 1. The van der Waals surface area contributed by atoms with Gasteiger partial charge in [0, 0.05) is 12.0 Å². The smallest absolute Gasteiger partial charge is 0.158 e. The summed E-state index contributed by atoms with van der Waals surface area (Å²) < 4.78 is 5.38. The predicted molar refractivity (Wildman–Crippen MR) is 89.0 cm³/mol. The molecular formula is C20H20O2. The second-order valence-electron chi connectivity index (χ2n) is 5.69. The number of ketones is 1. The molecule has 3 rings (SSSR count). The van der Waals surface area contributed by atoms with Gasteiger partial charge in [-0.2, -0.15) is 0 Å². The Morgan fingerprint density at radius 1 is 1.05 bits per heavy atom. The first-order chi connectivity index (χ1) is 10.8. The van der Waals surface area contributed by atoms with Crippen molar-refractivity contribution in [3.63, 3.8) is 0 Å². The number of hydrogen-bond acceptors (Lipinski definition) is 2. The first kappa shape index (κ1) is 14.6. The van der Waals surface area contributed by atoms with E-state index in [2.05, 4.69) is 24.3 Å². The van der Waals surface area contributed by atoms with Crippen LogP contribution >= 0.6 is 0 Å². The van der Waals surface area contributed by atoms with Crippen LogP contribution in [0.3, 0.4) is 0 Å². The highest BCUT2D eigenvalue weighted by molar-refractivity contribution is 6.00. The van der Waals surface area contributed by atoms with Crippen LogP contribution in [0.1, 0.15) is 36.3 Å². The Morgan fingerprint density at radius 3 is 2.55 bits per heavy atom. The van der Waals surface area contributed by atoms with Crippen LogP contribution in [-0.2, 0) is 4.79 Å². The van der Waals surface area contributed by atoms with Gasteiger partial charge in [-0.25, -0.2) is 0 Å². The molecule has 1 fully saturated rings. The fraction of sp³-hybridized carbons (Fsp3) is 0.250. The SMILES string of the molecule is COc1ccccc1C=C1CC(c2ccccc2)CCC1=O. The monoisotopic (exact) mass is 292 g/mol. The van der Waals surface area contributed by atoms with Crippen LogP contribution < -0.4 is 4.74 Å². The Bertz CT molecular complexity index is 686. The number of benzene rings is 2. The molecule has 2 heteroatoms. The lowest BCUT2D eigenvalue weighted by Gasteiger charge is -2.24. The average molecular weight is 292 g/mol. The quantitative estimate of drug-likeness (QED) is 0.772. The highest BCUT2D eigenvalue weighted by Crippen LogP contribution is 2.35. The van der Waals surface area contributed by atoms with Crippen molar-refractivity contribution < 1.29 is 9.53 Å². The van der Waals surface area contributed by atoms with Gasteiger partial charge in [-0.3, -0.25) is 4.79 Å². The maximum absolute atomic E-state index is 12.3. The fourth-order valence-corrected chi connectivity index (χ4v) is 3.07. The zero-order valence-corrected chi connectivity index (χ0v) is 12.8. The molecule has 1 atom stereocenters. The largest absolute Gasteiger partial charge is 0.496 e. The Labute approximate surface area is 131 Å². The van der Waals surface area contributed by atoms with Crippen LogP contribution in [0.5, 0.6) is 5.75 Å². The van der Waals surface area contributed by atoms with Gasteiger partial charge < -0.3 is 4.74 Å². The third kappa shape index (κ3) is 3.11. The minimum atomic E-state index is 0.262. The second-order valence-corrected chi connectivity index (χ2v) is 5.69. The zero-order chi connectivity index (χ0) is 15.4. The van der Waals surface area contributed by atoms with E-state index in [0.717, 1.165) is 29.7 Å². The Morgan fingerprint density at radius 2 is 1.77 bits per heavy atom. The van der Waals surface area contributed by atoms with Crippen LogP contribution in [0.4, 0.5) is 0 Å². The molecule has 0 aliphatic heterocycles. The molecule has 0 aromatic heterocycles. The van der Waals surface area contributed by atoms with Gasteiger partial charge in [-0.15, -0.1) is 0 Å². The number of carbonyl (C=O) groups is 1. The molecule has 1 aliphatic carbocycles. The molecule has 0 spiro atoms. The fourth-order valence-electron chi connectivity index (χ4n) is 3.07. The summed E-state index contributed by atoms with van der Waals surface area (Å²) in [7, 11) is 1.66. The maximum Gasteiger partial charge on any atom is 0.158 e. The van der Waals surface area contributed by atoms with E-state index in [1.54, 1.807) is 7.11 Å². The second kappa shape index (κ2) is 6.61. The van der Waals surface area contributed by atoms with Gasteiger partial charge in [-0.1, -0.05) is 48.5 Å². The Balaban J connectivity index is 1.88. The molecule has 0 amide bonds. The summed E-state index contributed by atoms with van der Waals surface area (Å²) in [4.78, 5) is 12.3. The molecule has 2 aromatic carbocycles. The van der Waals surface area contributed by atoms with Gasteiger partial charge in [0.2, 0.25) is 0 Å². The van der Waals surface area contributed by atoms with E-state index < -0.39 is 0 Å². The number of allylic oxidation sites excluding steroid dienone is 1. The summed E-state index contributed by atoms with van der Waals surface area (Å²) in [6, 6.07) is 18.3. The predicted octanol–water partition coefficient (Wildman–Crippen LogP) is 4.62. The number of para-hydroxylation sites is 1. The molecule has 1 aliphatic rings. The summed E-state index contributed by atoms with van der Waals surface area (Å²) >= 11 is 0. The van der Waals surface area contributed by atoms with Gasteiger partial charge >= 0.3 is 0 Å². The molecule has 2 aromatic rings. The number of carbonyl (C=O) groups excluding carboxylic acids is 1. The van der Waals surface area contributed by atoms with Crippen molar-refractivity contribution in [3.8, 4) is 5.75 Å². The van der Waals surface area contributed by atoms with Crippen molar-refractivity contribution in [1.82, 2.24) is 0 Å². The van der Waals surface area contributed by atoms with Crippen molar-refractivity contribution in [3.05, 3.63) is 71.3 Å². The van der Waals surface area contributed by atoms with E-state index in [-0.39, 0.29) is 5.78 Å². The number of rotatable bonds is 3. The standard InChI is InChI=1S/C20H20O2/c1-22-20-10-6-5-9-17(20)14-18-13-16(11-12-19(18)21)15-7-3-2-4-8-15/h2-10,14,16H,11-13H2,1H3. The van der Waals surface area contributed by atoms with E-state index in [1.165, 1.54) is 5.56 Å². The van der Waals surface area contributed by atoms with Gasteiger partial charge in [-0.05, 0) is 42.0 Å². The van der Waals surface area contributed by atoms with Gasteiger partial charge in [0.05, 0.1) is 7.11 Å². The van der Waals surface area contributed by atoms with E-state index in [0.29, 0.717) is 12.3 Å². The van der Waals surface area contributed by atoms with Crippen LogP contribution in [0.15, 0.2) is 60.2 Å². The summed E-state index contributed by atoms with van der Waals surface area (Å²) in [6.45, 7) is 0. The van der Waals surface area contributed by atoms with Gasteiger partial charge in [0.25, 0.3) is 0 Å². The van der Waals surface area contributed by atoms with Crippen molar-refractivity contribution in [2.24, 2.45) is 0 Å². The van der Waals surface area contributed by atoms with Crippen molar-refractivity contribution in [1.29, 1.82) is 0 Å². The molecule has 0 bridgehead atoms. The molecule has 1 unspecified atom stereocenters. The normalized spacial score (nSPS) is 20.1. The number of methoxy groups -OCH3 is 1. The molecule has 0 saturated heterocycles. The summed E-state index contributed by atoms with van der Waals surface area (Å²) in [5.41, 5.74) is 3.20. The summed E-state index contributed by atoms with van der Waals surface area (Å²) in [6.07, 6.45) is 4.36. The average Bonchev–Trinajstić information content (AvgIpc) is 2.58. The molecule has 0 heterocycles. The lowest BCUT2D eigenvalue weighted by Crippen LogP contribution is -2.15. The molecule has 2 nitrogen and oxygen atoms in total. The van der Waals surface area contributed by atoms with Crippen molar-refractivity contribution in [2.75, 3.05) is 7.11 Å². The number of ether oxygens (including phenoxy) is 1. The highest BCUT2D eigenvalue weighted by atomic mass is 16.5. The highest BCUT2D eigenvalue weighted by Gasteiger charge is 2.24. The first-order valence-electron chi connectivity index (χ1n) is 7.69. The Kier molecular flexibility index (Phi) is 4.38. The van der Waals surface area contributed by atoms with Crippen LogP contribution in [0, 0.1) is 0 Å². The summed E-state index contributed by atoms with van der Waals surface area (Å²) in [5.74, 6) is 1.50. The maximum atomic E-state index is 12.3. The molecule has 1 saturated carbocycles. The van der Waals surface area contributed by atoms with Gasteiger partial charge in [0.1, 0.15) is 5.75 Å². The number of hydrogen-bond donors (Lipinski definition) is 0. The van der Waals surface area contributed by atoms with E-state index >= 15 is 0 Å². The molecule has 0 N–H and O–H groups in total. The zero-order valence-electron chi connectivity index (χ0n) is 12.8. The van der Waals surface area contributed by atoms with Crippen LogP contribution in [0.2, 0.25) is 0 Å². The molecule has 112 valence electrons. The third-order valence-electron chi connectivity index (χ3n) is 4.28. The molecule has 0 radical (unpaired) electrons. The van der Waals surface area contributed by atoms with E-state index in [4.69, 9.17) is 4.74 Å². The minimum absolute atomic E-state index is 0.262. The molecule has 22 heavy (non-hydrogen) atoms. The van der Waals surface area contributed by atoms with E-state index in [9.17, 15) is 4.79 Å². The first-order valence-corrected chi connectivity index (χ1v) is 7.69. The van der Waals surface area contributed by atoms with Crippen molar-refractivity contribution >= 4 is 11.9 Å². The minimum Gasteiger partial charge on any atom is -0.496 e. The third-order valence-corrected chi connectivity index (χ3v) is 4.28. The summed E-state index contributed by atoms with van der Waals surface area (Å²) in [5, 5.41) is 0. The lowest BCUT2D eigenvalue weighted by atomic mass is 9.80. The van der Waals surface area contributed by atoms with Crippen molar-refractivity contribution in [2.45, 2.75) is 25.2 Å². The van der Waals surface area contributed by atoms with Crippen LogP contribution in [0.25, 0.3) is 6.08 Å². The lowest BCUT2D eigenvalue weighted by molar-refractivity contribution is -0.116.